The van der Waals surface area contributed by atoms with Crippen molar-refractivity contribution >= 4 is 39.1 Å². The fourth-order valence-electron chi connectivity index (χ4n) is 5.80. The molecule has 0 radical (unpaired) electrons. The van der Waals surface area contributed by atoms with Crippen LogP contribution in [0.5, 0.6) is 0 Å². The number of fused-ring (bicyclic) bond motifs is 4. The number of H-pyrrole nitrogens is 1. The fourth-order valence-corrected chi connectivity index (χ4v) is 5.80. The fraction of sp³-hybridized carbons (Fsp3) is 0.219. The Kier molecular flexibility index (Phi) is 6.39. The van der Waals surface area contributed by atoms with Crippen molar-refractivity contribution in [2.45, 2.75) is 44.4 Å². The van der Waals surface area contributed by atoms with Crippen LogP contribution in [-0.4, -0.2) is 36.6 Å². The van der Waals surface area contributed by atoms with Gasteiger partial charge in [-0.05, 0) is 55.5 Å². The molecule has 0 bridgehead atoms. The third kappa shape index (κ3) is 4.91. The molecule has 0 unspecified atom stereocenters. The van der Waals surface area contributed by atoms with Crippen LogP contribution in [0.25, 0.3) is 44.2 Å². The van der Waals surface area contributed by atoms with Gasteiger partial charge in [0.15, 0.2) is 0 Å². The smallest absolute Gasteiger partial charge is 0.407 e. The second kappa shape index (κ2) is 10.5. The van der Waals surface area contributed by atoms with Crippen LogP contribution >= 0.6 is 0 Å². The van der Waals surface area contributed by atoms with Crippen LogP contribution in [-0.2, 0) is 11.3 Å². The Labute approximate surface area is 235 Å². The van der Waals surface area contributed by atoms with E-state index in [0.717, 1.165) is 64.4 Å². The maximum Gasteiger partial charge on any atom is 0.407 e. The van der Waals surface area contributed by atoms with E-state index in [1.807, 2.05) is 77.5 Å². The molecule has 4 aromatic heterocycles. The molecule has 6 aromatic rings. The Bertz CT molecular complexity index is 1940. The molecule has 1 aliphatic carbocycles. The number of rotatable bonds is 5. The van der Waals surface area contributed by atoms with Gasteiger partial charge in [-0.3, -0.25) is 14.5 Å². The summed E-state index contributed by atoms with van der Waals surface area (Å²) < 4.78 is 7.23. The molecule has 0 saturated heterocycles. The Morgan fingerprint density at radius 1 is 0.927 bits per heavy atom. The van der Waals surface area contributed by atoms with E-state index >= 15 is 0 Å². The van der Waals surface area contributed by atoms with Gasteiger partial charge in [-0.25, -0.2) is 14.6 Å². The Morgan fingerprint density at radius 2 is 1.71 bits per heavy atom. The number of imidazole rings is 1. The molecule has 0 atom stereocenters. The average molecular weight is 545 g/mol. The van der Waals surface area contributed by atoms with E-state index in [0.29, 0.717) is 11.0 Å². The summed E-state index contributed by atoms with van der Waals surface area (Å²) in [5, 5.41) is 4.03. The Morgan fingerprint density at radius 3 is 2.56 bits per heavy atom. The van der Waals surface area contributed by atoms with Crippen LogP contribution in [0.4, 0.5) is 4.79 Å². The van der Waals surface area contributed by atoms with Crippen molar-refractivity contribution in [1.29, 1.82) is 0 Å². The number of benzene rings is 2. The van der Waals surface area contributed by atoms with Crippen molar-refractivity contribution in [3.63, 3.8) is 0 Å². The van der Waals surface area contributed by atoms with Crippen LogP contribution in [0.15, 0.2) is 90.0 Å². The van der Waals surface area contributed by atoms with Crippen molar-refractivity contribution in [3.05, 3.63) is 101 Å². The molecular weight excluding hydrogens is 516 g/mol. The second-order valence-corrected chi connectivity index (χ2v) is 10.5. The predicted molar refractivity (Wildman–Crippen MR) is 157 cm³/mol. The number of aromatic amines is 1. The second-order valence-electron chi connectivity index (χ2n) is 10.5. The molecule has 1 amide bonds. The van der Waals surface area contributed by atoms with Gasteiger partial charge in [0.1, 0.15) is 12.1 Å². The van der Waals surface area contributed by atoms with Gasteiger partial charge < -0.3 is 15.0 Å². The van der Waals surface area contributed by atoms with Gasteiger partial charge in [0.2, 0.25) is 0 Å². The van der Waals surface area contributed by atoms with Gasteiger partial charge in [0.25, 0.3) is 0 Å². The van der Waals surface area contributed by atoms with Gasteiger partial charge in [-0.2, -0.15) is 0 Å². The lowest BCUT2D eigenvalue weighted by Crippen LogP contribution is -2.39. The molecule has 2 aromatic carbocycles. The van der Waals surface area contributed by atoms with Crippen molar-refractivity contribution in [3.8, 4) is 11.3 Å². The van der Waals surface area contributed by atoms with Crippen molar-refractivity contribution in [1.82, 2.24) is 29.8 Å². The van der Waals surface area contributed by atoms with Crippen LogP contribution in [0.2, 0.25) is 0 Å². The number of pyridine rings is 3. The van der Waals surface area contributed by atoms with Crippen molar-refractivity contribution in [2.24, 2.45) is 0 Å². The van der Waals surface area contributed by atoms with Crippen molar-refractivity contribution < 1.29 is 9.53 Å². The van der Waals surface area contributed by atoms with E-state index in [9.17, 15) is 9.59 Å². The largest absolute Gasteiger partial charge is 0.445 e. The zero-order valence-corrected chi connectivity index (χ0v) is 22.3. The zero-order valence-electron chi connectivity index (χ0n) is 22.3. The van der Waals surface area contributed by atoms with Crippen LogP contribution in [0, 0.1) is 0 Å². The molecule has 2 N–H and O–H groups in total. The minimum atomic E-state index is -0.418. The van der Waals surface area contributed by atoms with Gasteiger partial charge in [0, 0.05) is 29.2 Å². The first kappa shape index (κ1) is 25.0. The van der Waals surface area contributed by atoms with Crippen LogP contribution in [0.3, 0.4) is 0 Å². The molecule has 4 heterocycles. The number of alkyl carbamates (subject to hydrolysis) is 1. The van der Waals surface area contributed by atoms with E-state index in [1.165, 1.54) is 0 Å². The summed E-state index contributed by atoms with van der Waals surface area (Å²) in [5.74, 6) is 0. The minimum Gasteiger partial charge on any atom is -0.445 e. The van der Waals surface area contributed by atoms with Gasteiger partial charge >= 0.3 is 11.8 Å². The number of carbonyl (C=O) groups is 1. The summed E-state index contributed by atoms with van der Waals surface area (Å²) in [6, 6.07) is 23.5. The van der Waals surface area contributed by atoms with Crippen LogP contribution < -0.4 is 11.0 Å². The minimum absolute atomic E-state index is 0.000951. The molecular formula is C32H28N6O3. The summed E-state index contributed by atoms with van der Waals surface area (Å²) >= 11 is 0. The SMILES string of the molecule is O=C(NC1CCC(n2c(=O)[nH]c3cnc4ccc(-c5cnc6ccccc6c5)nc4c32)CC1)OCc1ccccc1. The van der Waals surface area contributed by atoms with Gasteiger partial charge in [-0.15, -0.1) is 0 Å². The monoisotopic (exact) mass is 544 g/mol. The third-order valence-electron chi connectivity index (χ3n) is 7.87. The van der Waals surface area contributed by atoms with E-state index in [4.69, 9.17) is 9.72 Å². The number of amides is 1. The predicted octanol–water partition coefficient (Wildman–Crippen LogP) is 5.90. The van der Waals surface area contributed by atoms with E-state index < -0.39 is 6.09 Å². The molecule has 204 valence electrons. The summed E-state index contributed by atoms with van der Waals surface area (Å²) in [7, 11) is 0. The lowest BCUT2D eigenvalue weighted by atomic mass is 9.91. The highest BCUT2D eigenvalue weighted by molar-refractivity contribution is 6.00. The molecule has 0 spiro atoms. The van der Waals surface area contributed by atoms with E-state index in [2.05, 4.69) is 26.3 Å². The Hall–Kier alpha value is -5.05. The van der Waals surface area contributed by atoms with Gasteiger partial charge in [0.05, 0.1) is 34.0 Å². The number of ether oxygens (including phenoxy) is 1. The first-order chi connectivity index (χ1) is 20.1. The summed E-state index contributed by atoms with van der Waals surface area (Å²) in [5.41, 5.74) is 6.19. The lowest BCUT2D eigenvalue weighted by molar-refractivity contribution is 0.131. The molecule has 0 aliphatic heterocycles. The molecule has 7 rings (SSSR count). The average Bonchev–Trinajstić information content (AvgIpc) is 3.36. The number of hydrogen-bond acceptors (Lipinski definition) is 6. The highest BCUT2D eigenvalue weighted by Gasteiger charge is 2.27. The number of aromatic nitrogens is 5. The summed E-state index contributed by atoms with van der Waals surface area (Å²) in [6.45, 7) is 0.234. The van der Waals surface area contributed by atoms with Gasteiger partial charge in [-0.1, -0.05) is 48.5 Å². The highest BCUT2D eigenvalue weighted by atomic mass is 16.5. The number of hydrogen-bond donors (Lipinski definition) is 2. The maximum absolute atomic E-state index is 13.2. The Balaban J connectivity index is 1.13. The number of nitrogens with zero attached hydrogens (tertiary/aromatic N) is 4. The zero-order chi connectivity index (χ0) is 27.8. The standard InChI is InChI=1S/C32H28N6O3/c39-31-37-28-18-34-27-15-14-26(22-16-21-8-4-5-9-25(21)33-17-22)36-29(27)30(28)38(31)24-12-10-23(11-13-24)35-32(40)41-19-20-6-2-1-3-7-20/h1-9,14-18,23-24H,10-13,19H2,(H,35,40)(H,37,39). The summed E-state index contributed by atoms with van der Waals surface area (Å²) in [6.07, 6.45) is 6.09. The maximum atomic E-state index is 13.2. The number of carbonyl (C=O) groups excluding carboxylic acids is 1. The third-order valence-corrected chi connectivity index (χ3v) is 7.87. The molecule has 1 fully saturated rings. The number of nitrogens with one attached hydrogen (secondary N) is 2. The molecule has 1 aliphatic rings. The normalized spacial score (nSPS) is 17.2. The van der Waals surface area contributed by atoms with E-state index in [-0.39, 0.29) is 24.4 Å². The first-order valence-electron chi connectivity index (χ1n) is 13.8. The lowest BCUT2D eigenvalue weighted by Gasteiger charge is -2.29. The molecule has 9 nitrogen and oxygen atoms in total. The van der Waals surface area contributed by atoms with Crippen molar-refractivity contribution in [2.75, 3.05) is 0 Å². The summed E-state index contributed by atoms with van der Waals surface area (Å²) in [4.78, 5) is 42.7. The topological polar surface area (TPSA) is 115 Å². The molecule has 41 heavy (non-hydrogen) atoms. The number of para-hydroxylation sites is 1. The highest BCUT2D eigenvalue weighted by Crippen LogP contribution is 2.32. The molecule has 1 saturated carbocycles. The van der Waals surface area contributed by atoms with E-state index in [1.54, 1.807) is 6.20 Å². The molecule has 9 heteroatoms. The van der Waals surface area contributed by atoms with Crippen LogP contribution in [0.1, 0.15) is 37.3 Å². The first-order valence-corrected chi connectivity index (χ1v) is 13.8. The quantitative estimate of drug-likeness (QED) is 0.279.